The van der Waals surface area contributed by atoms with Gasteiger partial charge in [-0.05, 0) is 18.2 Å². The van der Waals surface area contributed by atoms with Gasteiger partial charge in [0.15, 0.2) is 12.4 Å². The summed E-state index contributed by atoms with van der Waals surface area (Å²) >= 11 is 0. The Balaban J connectivity index is 1.79. The van der Waals surface area contributed by atoms with E-state index in [4.69, 9.17) is 0 Å². The highest BCUT2D eigenvalue weighted by Gasteiger charge is 2.43. The number of hydrogen-bond donors (Lipinski definition) is 1. The maximum absolute atomic E-state index is 13.0. The summed E-state index contributed by atoms with van der Waals surface area (Å²) < 4.78 is 55.2. The summed E-state index contributed by atoms with van der Waals surface area (Å²) in [5.74, 6) is -0.298. The van der Waals surface area contributed by atoms with Crippen molar-refractivity contribution in [1.29, 1.82) is 0 Å². The quantitative estimate of drug-likeness (QED) is 0.400. The lowest BCUT2D eigenvalue weighted by Crippen LogP contribution is -2.33. The van der Waals surface area contributed by atoms with Gasteiger partial charge in [-0.3, -0.25) is 0 Å². The number of benzene rings is 1. The highest BCUT2D eigenvalue weighted by molar-refractivity contribution is 5.61. The second kappa shape index (κ2) is 7.44. The maximum Gasteiger partial charge on any atom is 0.461 e. The summed E-state index contributed by atoms with van der Waals surface area (Å²) in [4.78, 5) is 8.27. The molecule has 0 radical (unpaired) electrons. The van der Waals surface area contributed by atoms with E-state index in [9.17, 15) is 22.8 Å². The smallest absolute Gasteiger partial charge is 0.461 e. The molecule has 0 aliphatic carbocycles. The van der Waals surface area contributed by atoms with E-state index in [1.54, 1.807) is 18.2 Å². The Kier molecular flexibility index (Phi) is 5.06. The van der Waals surface area contributed by atoms with Crippen LogP contribution in [0.5, 0.6) is 5.75 Å². The summed E-state index contributed by atoms with van der Waals surface area (Å²) in [5.41, 5.74) is 1.45. The maximum atomic E-state index is 13.0. The molecule has 0 atom stereocenters. The standard InChI is InChI=1S/C17H12F4N4O2/c18-15(19)17(20,21)27-13-3-1-2-12(10-13)23-16-22-7-4-14(24-16)11-5-8-25(26)9-6-11/h1-10,15H,(H,22,23,24). The van der Waals surface area contributed by atoms with Crippen molar-refractivity contribution in [3.05, 3.63) is 66.3 Å². The van der Waals surface area contributed by atoms with Crippen molar-refractivity contribution in [1.82, 2.24) is 9.97 Å². The fourth-order valence-corrected chi connectivity index (χ4v) is 2.13. The minimum absolute atomic E-state index is 0.143. The van der Waals surface area contributed by atoms with Crippen molar-refractivity contribution in [2.24, 2.45) is 0 Å². The van der Waals surface area contributed by atoms with E-state index in [2.05, 4.69) is 20.0 Å². The third-order valence-electron chi connectivity index (χ3n) is 3.35. The lowest BCUT2D eigenvalue weighted by atomic mass is 10.2. The molecule has 3 rings (SSSR count). The predicted octanol–water partition coefficient (Wildman–Crippen LogP) is 3.76. The molecule has 0 saturated heterocycles. The summed E-state index contributed by atoms with van der Waals surface area (Å²) in [5, 5.41) is 13.9. The molecule has 0 saturated carbocycles. The zero-order valence-electron chi connectivity index (χ0n) is 13.5. The largest absolute Gasteiger partial charge is 0.619 e. The van der Waals surface area contributed by atoms with Gasteiger partial charge in [0.25, 0.3) is 0 Å². The average Bonchev–Trinajstić information content (AvgIpc) is 2.62. The Morgan fingerprint density at radius 2 is 1.85 bits per heavy atom. The number of rotatable bonds is 6. The first-order valence-corrected chi connectivity index (χ1v) is 7.58. The van der Waals surface area contributed by atoms with Gasteiger partial charge in [-0.25, -0.2) is 9.97 Å². The van der Waals surface area contributed by atoms with E-state index in [0.29, 0.717) is 16.0 Å². The normalized spacial score (nSPS) is 11.4. The zero-order chi connectivity index (χ0) is 19.4. The number of alkyl halides is 4. The molecular formula is C17H12F4N4O2. The summed E-state index contributed by atoms with van der Waals surface area (Å²) in [6.07, 6.45) is -4.45. The molecule has 0 bridgehead atoms. The van der Waals surface area contributed by atoms with E-state index in [1.165, 1.54) is 30.7 Å². The molecule has 140 valence electrons. The Morgan fingerprint density at radius 1 is 1.11 bits per heavy atom. The monoisotopic (exact) mass is 380 g/mol. The Morgan fingerprint density at radius 3 is 2.56 bits per heavy atom. The van der Waals surface area contributed by atoms with Crippen molar-refractivity contribution < 1.29 is 27.0 Å². The molecule has 3 aromatic rings. The molecule has 6 nitrogen and oxygen atoms in total. The topological polar surface area (TPSA) is 74.0 Å². The number of halogens is 4. The summed E-state index contributed by atoms with van der Waals surface area (Å²) in [6, 6.07) is 9.87. The van der Waals surface area contributed by atoms with Crippen LogP contribution in [0.1, 0.15) is 0 Å². The fourth-order valence-electron chi connectivity index (χ4n) is 2.13. The number of aromatic nitrogens is 3. The van der Waals surface area contributed by atoms with Crippen molar-refractivity contribution in [3.8, 4) is 17.0 Å². The first-order chi connectivity index (χ1) is 12.8. The molecule has 0 fully saturated rings. The molecule has 0 aliphatic heterocycles. The lowest BCUT2D eigenvalue weighted by Gasteiger charge is -2.17. The van der Waals surface area contributed by atoms with E-state index in [0.717, 1.165) is 12.1 Å². The molecule has 0 unspecified atom stereocenters. The van der Waals surface area contributed by atoms with Crippen LogP contribution in [0.25, 0.3) is 11.3 Å². The molecule has 2 aromatic heterocycles. The Hall–Kier alpha value is -3.43. The van der Waals surface area contributed by atoms with Gasteiger partial charge < -0.3 is 15.3 Å². The molecular weight excluding hydrogens is 368 g/mol. The molecule has 0 spiro atoms. The van der Waals surface area contributed by atoms with Crippen molar-refractivity contribution in [2.75, 3.05) is 5.32 Å². The van der Waals surface area contributed by atoms with Crippen LogP contribution in [0.3, 0.4) is 0 Å². The van der Waals surface area contributed by atoms with Crippen molar-refractivity contribution in [3.63, 3.8) is 0 Å². The van der Waals surface area contributed by atoms with Gasteiger partial charge in [0.1, 0.15) is 5.75 Å². The van der Waals surface area contributed by atoms with E-state index < -0.39 is 18.3 Å². The van der Waals surface area contributed by atoms with E-state index in [1.807, 2.05) is 0 Å². The molecule has 0 aliphatic rings. The van der Waals surface area contributed by atoms with Gasteiger partial charge in [0, 0.05) is 35.6 Å². The number of pyridine rings is 1. The average molecular weight is 380 g/mol. The minimum atomic E-state index is -4.60. The SMILES string of the molecule is [O-][n+]1ccc(-c2ccnc(Nc3cccc(OC(F)(F)C(F)F)c3)n2)cc1. The third-order valence-corrected chi connectivity index (χ3v) is 3.35. The first-order valence-electron chi connectivity index (χ1n) is 7.58. The van der Waals surface area contributed by atoms with Gasteiger partial charge in [-0.1, -0.05) is 6.07 Å². The number of anilines is 2. The van der Waals surface area contributed by atoms with Crippen LogP contribution >= 0.6 is 0 Å². The Bertz CT molecular complexity index is 923. The fraction of sp³-hybridized carbons (Fsp3) is 0.118. The van der Waals surface area contributed by atoms with Crippen LogP contribution in [0, 0.1) is 5.21 Å². The van der Waals surface area contributed by atoms with Crippen LogP contribution in [0.15, 0.2) is 61.1 Å². The van der Waals surface area contributed by atoms with Gasteiger partial charge in [0.2, 0.25) is 5.95 Å². The van der Waals surface area contributed by atoms with Gasteiger partial charge >= 0.3 is 12.5 Å². The van der Waals surface area contributed by atoms with Gasteiger partial charge in [-0.2, -0.15) is 22.3 Å². The molecule has 0 amide bonds. The number of nitrogens with one attached hydrogen (secondary N) is 1. The van der Waals surface area contributed by atoms with Crippen LogP contribution in [-0.4, -0.2) is 22.5 Å². The number of hydrogen-bond acceptors (Lipinski definition) is 5. The summed E-state index contributed by atoms with van der Waals surface area (Å²) in [6.45, 7) is 0. The molecule has 2 heterocycles. The van der Waals surface area contributed by atoms with Crippen molar-refractivity contribution >= 4 is 11.6 Å². The highest BCUT2D eigenvalue weighted by Crippen LogP contribution is 2.29. The molecule has 1 aromatic carbocycles. The number of nitrogens with zero attached hydrogens (tertiary/aromatic N) is 3. The van der Waals surface area contributed by atoms with E-state index in [-0.39, 0.29) is 11.6 Å². The van der Waals surface area contributed by atoms with Crippen LogP contribution < -0.4 is 14.8 Å². The second-order valence-electron chi connectivity index (χ2n) is 5.33. The zero-order valence-corrected chi connectivity index (χ0v) is 13.5. The van der Waals surface area contributed by atoms with Gasteiger partial charge in [-0.15, -0.1) is 0 Å². The van der Waals surface area contributed by atoms with Gasteiger partial charge in [0.05, 0.1) is 5.69 Å². The molecule has 10 heteroatoms. The third kappa shape index (κ3) is 4.60. The second-order valence-corrected chi connectivity index (χ2v) is 5.33. The Labute approximate surface area is 150 Å². The van der Waals surface area contributed by atoms with Crippen molar-refractivity contribution in [2.45, 2.75) is 12.5 Å². The molecule has 1 N–H and O–H groups in total. The van der Waals surface area contributed by atoms with Crippen LogP contribution in [0.2, 0.25) is 0 Å². The van der Waals surface area contributed by atoms with Crippen LogP contribution in [-0.2, 0) is 0 Å². The van der Waals surface area contributed by atoms with Crippen LogP contribution in [0.4, 0.5) is 29.2 Å². The number of ether oxygens (including phenoxy) is 1. The first kappa shape index (κ1) is 18.4. The molecule has 27 heavy (non-hydrogen) atoms. The summed E-state index contributed by atoms with van der Waals surface area (Å²) in [7, 11) is 0. The van der Waals surface area contributed by atoms with E-state index >= 15 is 0 Å². The minimum Gasteiger partial charge on any atom is -0.619 e. The lowest BCUT2D eigenvalue weighted by molar-refractivity contribution is -0.605. The predicted molar refractivity (Wildman–Crippen MR) is 87.7 cm³/mol. The highest BCUT2D eigenvalue weighted by atomic mass is 19.3.